The van der Waals surface area contributed by atoms with E-state index in [0.717, 1.165) is 0 Å². The van der Waals surface area contributed by atoms with E-state index in [0.29, 0.717) is 39.6 Å². The fourth-order valence-electron chi connectivity index (χ4n) is 1.40. The van der Waals surface area contributed by atoms with Crippen molar-refractivity contribution in [2.24, 2.45) is 0 Å². The number of hydrogen-bond donors (Lipinski definition) is 3. The van der Waals surface area contributed by atoms with Gasteiger partial charge in [-0.15, -0.1) is 0 Å². The third-order valence-electron chi connectivity index (χ3n) is 2.63. The van der Waals surface area contributed by atoms with Crippen LogP contribution in [0.1, 0.15) is 39.5 Å². The summed E-state index contributed by atoms with van der Waals surface area (Å²) in [5.74, 6) is 0. The van der Waals surface area contributed by atoms with Crippen LogP contribution < -0.4 is 5.32 Å². The number of aliphatic hydroxyl groups is 2. The van der Waals surface area contributed by atoms with Crippen LogP contribution in [0.2, 0.25) is 0 Å². The summed E-state index contributed by atoms with van der Waals surface area (Å²) in [6.45, 7) is 9.62. The lowest BCUT2D eigenvalue weighted by Gasteiger charge is -2.04. The minimum atomic E-state index is 0.0413. The summed E-state index contributed by atoms with van der Waals surface area (Å²) in [7, 11) is 0. The normalized spacial score (nSPS) is 10.4. The van der Waals surface area contributed by atoms with Gasteiger partial charge in [0.25, 0.3) is 0 Å². The Bertz CT molecular complexity index is 157. The average Bonchev–Trinajstić information content (AvgIpc) is 2.54. The smallest absolute Gasteiger partial charge is 0.0701 e. The molecule has 6 nitrogen and oxygen atoms in total. The van der Waals surface area contributed by atoms with E-state index in [1.54, 1.807) is 0 Å². The van der Waals surface area contributed by atoms with E-state index in [9.17, 15) is 0 Å². The van der Waals surface area contributed by atoms with E-state index in [1.165, 1.54) is 38.8 Å². The summed E-state index contributed by atoms with van der Waals surface area (Å²) >= 11 is 0. The lowest BCUT2D eigenvalue weighted by molar-refractivity contribution is 0.00230. The maximum atomic E-state index is 8.36. The molecule has 6 heteroatoms. The fraction of sp³-hybridized carbons (Fsp3) is 1.00. The quantitative estimate of drug-likeness (QED) is 0.370. The van der Waals surface area contributed by atoms with Crippen molar-refractivity contribution in [1.29, 1.82) is 0 Å². The zero-order valence-electron chi connectivity index (χ0n) is 14.5. The second-order valence-electron chi connectivity index (χ2n) is 4.74. The molecule has 0 saturated carbocycles. The van der Waals surface area contributed by atoms with Gasteiger partial charge in [-0.2, -0.15) is 0 Å². The second kappa shape index (κ2) is 25.7. The topological polar surface area (TPSA) is 80.2 Å². The first-order chi connectivity index (χ1) is 10.8. The molecule has 0 saturated heterocycles. The van der Waals surface area contributed by atoms with Crippen LogP contribution in [0.5, 0.6) is 0 Å². The van der Waals surface area contributed by atoms with E-state index in [1.807, 2.05) is 0 Å². The van der Waals surface area contributed by atoms with Gasteiger partial charge in [-0.3, -0.25) is 0 Å². The molecule has 0 spiro atoms. The van der Waals surface area contributed by atoms with Crippen LogP contribution in [0.15, 0.2) is 0 Å². The maximum Gasteiger partial charge on any atom is 0.0701 e. The van der Waals surface area contributed by atoms with Crippen molar-refractivity contribution in [3.63, 3.8) is 0 Å². The highest BCUT2D eigenvalue weighted by Crippen LogP contribution is 1.85. The first kappa shape index (κ1) is 24.0. The molecule has 0 atom stereocenters. The van der Waals surface area contributed by atoms with Crippen molar-refractivity contribution >= 4 is 0 Å². The van der Waals surface area contributed by atoms with Gasteiger partial charge in [0.05, 0.1) is 52.9 Å². The number of hydrogen-bond acceptors (Lipinski definition) is 6. The number of aliphatic hydroxyl groups excluding tert-OH is 2. The number of rotatable bonds is 16. The number of unbranched alkanes of at least 4 members (excludes halogenated alkanes) is 2. The molecule has 0 aromatic rings. The Morgan fingerprint density at radius 1 is 0.636 bits per heavy atom. The van der Waals surface area contributed by atoms with Gasteiger partial charge in [0.1, 0.15) is 0 Å². The number of ether oxygens (including phenoxy) is 3. The van der Waals surface area contributed by atoms with Crippen molar-refractivity contribution < 1.29 is 24.4 Å². The van der Waals surface area contributed by atoms with Crippen LogP contribution in [0.25, 0.3) is 0 Å². The second-order valence-corrected chi connectivity index (χ2v) is 4.74. The first-order valence-corrected chi connectivity index (χ1v) is 8.49. The van der Waals surface area contributed by atoms with Crippen LogP contribution in [0, 0.1) is 0 Å². The van der Waals surface area contributed by atoms with E-state index in [-0.39, 0.29) is 13.2 Å². The minimum Gasteiger partial charge on any atom is -0.394 e. The summed E-state index contributed by atoms with van der Waals surface area (Å²) in [6, 6.07) is 0. The Morgan fingerprint density at radius 3 is 1.32 bits per heavy atom. The summed E-state index contributed by atoms with van der Waals surface area (Å²) in [5.41, 5.74) is 0. The Morgan fingerprint density at radius 2 is 1.00 bits per heavy atom. The molecule has 3 N–H and O–H groups in total. The molecule has 0 fully saturated rings. The van der Waals surface area contributed by atoms with Crippen LogP contribution >= 0.6 is 0 Å². The predicted octanol–water partition coefficient (Wildman–Crippen LogP) is 1.20. The molecule has 0 aromatic heterocycles. The molecule has 0 bridgehead atoms. The molecule has 0 aliphatic carbocycles. The zero-order chi connectivity index (χ0) is 16.7. The molecule has 0 aliphatic rings. The maximum absolute atomic E-state index is 8.36. The SMILES string of the molecule is CCCCNCCCC.OCCOCCOCCOCCO. The Balaban J connectivity index is 0. The van der Waals surface area contributed by atoms with Gasteiger partial charge < -0.3 is 29.7 Å². The lowest BCUT2D eigenvalue weighted by atomic mass is 10.3. The molecular weight excluding hydrogens is 286 g/mol. The highest BCUT2D eigenvalue weighted by Gasteiger charge is 1.90. The fourth-order valence-corrected chi connectivity index (χ4v) is 1.40. The van der Waals surface area contributed by atoms with Gasteiger partial charge in [0.15, 0.2) is 0 Å². The summed E-state index contributed by atoms with van der Waals surface area (Å²) in [6.07, 6.45) is 5.26. The van der Waals surface area contributed by atoms with Gasteiger partial charge >= 0.3 is 0 Å². The Hall–Kier alpha value is -0.240. The standard InChI is InChI=1S/C8H19N.C8H18O5/c1-3-5-7-9-8-6-4-2;9-1-3-11-5-7-13-8-6-12-4-2-10/h9H,3-8H2,1-2H3;9-10H,1-8H2. The van der Waals surface area contributed by atoms with E-state index in [2.05, 4.69) is 19.2 Å². The number of nitrogens with one attached hydrogen (secondary N) is 1. The van der Waals surface area contributed by atoms with E-state index < -0.39 is 0 Å². The van der Waals surface area contributed by atoms with Crippen molar-refractivity contribution in [2.75, 3.05) is 65.9 Å². The summed E-state index contributed by atoms with van der Waals surface area (Å²) in [4.78, 5) is 0. The summed E-state index contributed by atoms with van der Waals surface area (Å²) in [5, 5.41) is 20.1. The third kappa shape index (κ3) is 28.0. The molecule has 0 rings (SSSR count). The van der Waals surface area contributed by atoms with Gasteiger partial charge in [-0.1, -0.05) is 26.7 Å². The molecule has 22 heavy (non-hydrogen) atoms. The summed E-state index contributed by atoms with van der Waals surface area (Å²) < 4.78 is 15.0. The van der Waals surface area contributed by atoms with Crippen LogP contribution in [-0.4, -0.2) is 76.2 Å². The van der Waals surface area contributed by atoms with Crippen LogP contribution in [0.4, 0.5) is 0 Å². The molecular formula is C16H37NO5. The molecule has 0 radical (unpaired) electrons. The monoisotopic (exact) mass is 323 g/mol. The van der Waals surface area contributed by atoms with E-state index in [4.69, 9.17) is 24.4 Å². The van der Waals surface area contributed by atoms with Crippen LogP contribution in [-0.2, 0) is 14.2 Å². The zero-order valence-corrected chi connectivity index (χ0v) is 14.5. The molecule has 136 valence electrons. The van der Waals surface area contributed by atoms with Gasteiger partial charge in [0.2, 0.25) is 0 Å². The van der Waals surface area contributed by atoms with Gasteiger partial charge in [-0.05, 0) is 25.9 Å². The van der Waals surface area contributed by atoms with Crippen molar-refractivity contribution in [2.45, 2.75) is 39.5 Å². The first-order valence-electron chi connectivity index (χ1n) is 8.49. The average molecular weight is 323 g/mol. The van der Waals surface area contributed by atoms with Crippen molar-refractivity contribution in [1.82, 2.24) is 5.32 Å². The van der Waals surface area contributed by atoms with Gasteiger partial charge in [-0.25, -0.2) is 0 Å². The van der Waals surface area contributed by atoms with Gasteiger partial charge in [0, 0.05) is 0 Å². The van der Waals surface area contributed by atoms with E-state index >= 15 is 0 Å². The minimum absolute atomic E-state index is 0.0413. The van der Waals surface area contributed by atoms with Crippen LogP contribution in [0.3, 0.4) is 0 Å². The Kier molecular flexibility index (Phi) is 28.1. The highest BCUT2D eigenvalue weighted by molar-refractivity contribution is 4.45. The molecule has 0 aliphatic heterocycles. The predicted molar refractivity (Wildman–Crippen MR) is 89.3 cm³/mol. The largest absolute Gasteiger partial charge is 0.394 e. The molecule has 0 unspecified atom stereocenters. The molecule has 0 amide bonds. The van der Waals surface area contributed by atoms with Crippen molar-refractivity contribution in [3.05, 3.63) is 0 Å². The molecule has 0 heterocycles. The highest BCUT2D eigenvalue weighted by atomic mass is 16.5. The Labute approximate surface area is 136 Å². The molecule has 0 aromatic carbocycles. The third-order valence-corrected chi connectivity index (χ3v) is 2.63. The lowest BCUT2D eigenvalue weighted by Crippen LogP contribution is -2.15. The van der Waals surface area contributed by atoms with Crippen molar-refractivity contribution in [3.8, 4) is 0 Å².